The van der Waals surface area contributed by atoms with Gasteiger partial charge in [0.05, 0.1) is 12.2 Å². The Labute approximate surface area is 127 Å². The average molecular weight is 300 g/mol. The zero-order chi connectivity index (χ0) is 15.9. The molecule has 2 N–H and O–H groups in total. The summed E-state index contributed by atoms with van der Waals surface area (Å²) in [5.41, 5.74) is 1.02. The van der Waals surface area contributed by atoms with Crippen molar-refractivity contribution in [2.45, 2.75) is 6.54 Å². The fraction of sp³-hybridized carbons (Fsp3) is 0.214. The van der Waals surface area contributed by atoms with E-state index in [0.717, 1.165) is 0 Å². The normalized spacial score (nSPS) is 9.91. The Morgan fingerprint density at radius 1 is 1.18 bits per heavy atom. The summed E-state index contributed by atoms with van der Waals surface area (Å²) >= 11 is 0. The Bertz CT molecular complexity index is 659. The third-order valence-corrected chi connectivity index (χ3v) is 2.73. The second-order valence-electron chi connectivity index (χ2n) is 4.64. The molecule has 0 unspecified atom stereocenters. The largest absolute Gasteiger partial charge is 0.332 e. The molecule has 3 amide bonds. The van der Waals surface area contributed by atoms with Gasteiger partial charge >= 0.3 is 6.03 Å². The van der Waals surface area contributed by atoms with Gasteiger partial charge in [-0.05, 0) is 18.2 Å². The number of nitrogens with zero attached hydrogens (tertiary/aromatic N) is 4. The van der Waals surface area contributed by atoms with Crippen molar-refractivity contribution in [2.75, 3.05) is 19.4 Å². The molecule has 2 aromatic heterocycles. The maximum atomic E-state index is 12.1. The highest BCUT2D eigenvalue weighted by atomic mass is 16.2. The van der Waals surface area contributed by atoms with Crippen molar-refractivity contribution in [3.05, 3.63) is 48.2 Å². The maximum absolute atomic E-state index is 12.1. The van der Waals surface area contributed by atoms with Gasteiger partial charge in [-0.25, -0.2) is 14.8 Å². The van der Waals surface area contributed by atoms with Gasteiger partial charge in [0.2, 0.25) is 0 Å². The van der Waals surface area contributed by atoms with Gasteiger partial charge in [0.15, 0.2) is 0 Å². The minimum Gasteiger partial charge on any atom is -0.332 e. The average Bonchev–Trinajstić information content (AvgIpc) is 2.53. The lowest BCUT2D eigenvalue weighted by Gasteiger charge is -2.11. The molecule has 0 bridgehead atoms. The Kier molecular flexibility index (Phi) is 4.97. The number of amides is 3. The Hall–Kier alpha value is -3.03. The van der Waals surface area contributed by atoms with Crippen molar-refractivity contribution in [3.63, 3.8) is 0 Å². The van der Waals surface area contributed by atoms with Crippen molar-refractivity contribution in [2.24, 2.45) is 0 Å². The lowest BCUT2D eigenvalue weighted by atomic mass is 10.2. The summed E-state index contributed by atoms with van der Waals surface area (Å²) in [6.07, 6.45) is 4.41. The fourth-order valence-corrected chi connectivity index (χ4v) is 1.59. The number of carbonyl (C=O) groups is 2. The van der Waals surface area contributed by atoms with E-state index in [1.54, 1.807) is 32.3 Å². The maximum Gasteiger partial charge on any atom is 0.317 e. The zero-order valence-corrected chi connectivity index (χ0v) is 12.3. The second kappa shape index (κ2) is 7.11. The lowest BCUT2D eigenvalue weighted by Crippen LogP contribution is -2.34. The molecule has 0 aliphatic carbocycles. The van der Waals surface area contributed by atoms with Gasteiger partial charge in [0.25, 0.3) is 5.91 Å². The van der Waals surface area contributed by atoms with Crippen molar-refractivity contribution in [3.8, 4) is 0 Å². The van der Waals surface area contributed by atoms with E-state index in [0.29, 0.717) is 17.1 Å². The van der Waals surface area contributed by atoms with Crippen LogP contribution in [0.25, 0.3) is 0 Å². The van der Waals surface area contributed by atoms with Crippen LogP contribution < -0.4 is 10.6 Å². The number of pyridine rings is 1. The molecule has 0 atom stereocenters. The lowest BCUT2D eigenvalue weighted by molar-refractivity contribution is 0.102. The number of nitrogens with one attached hydrogen (secondary N) is 2. The molecule has 114 valence electrons. The third kappa shape index (κ3) is 4.23. The number of hydrogen-bond donors (Lipinski definition) is 2. The van der Waals surface area contributed by atoms with Crippen LogP contribution in [-0.4, -0.2) is 45.9 Å². The molecular formula is C14H16N6O2. The summed E-state index contributed by atoms with van der Waals surface area (Å²) in [4.78, 5) is 36.8. The predicted octanol–water partition coefficient (Wildman–Crippen LogP) is 0.895. The molecule has 2 aromatic rings. The van der Waals surface area contributed by atoms with E-state index < -0.39 is 0 Å². The quantitative estimate of drug-likeness (QED) is 0.873. The number of aromatic nitrogens is 3. The Balaban J connectivity index is 2.01. The van der Waals surface area contributed by atoms with Crippen LogP contribution in [0.1, 0.15) is 16.1 Å². The van der Waals surface area contributed by atoms with Crippen LogP contribution in [0.5, 0.6) is 0 Å². The van der Waals surface area contributed by atoms with E-state index in [9.17, 15) is 9.59 Å². The van der Waals surface area contributed by atoms with E-state index in [-0.39, 0.29) is 18.5 Å². The summed E-state index contributed by atoms with van der Waals surface area (Å²) in [6.45, 7) is 0.242. The van der Waals surface area contributed by atoms with Gasteiger partial charge in [-0.15, -0.1) is 0 Å². The molecule has 0 aliphatic rings. The third-order valence-electron chi connectivity index (χ3n) is 2.73. The van der Waals surface area contributed by atoms with Gasteiger partial charge in [-0.2, -0.15) is 0 Å². The monoisotopic (exact) mass is 300 g/mol. The van der Waals surface area contributed by atoms with Crippen LogP contribution in [0.4, 0.5) is 10.6 Å². The highest BCUT2D eigenvalue weighted by molar-refractivity contribution is 6.03. The molecule has 0 aromatic carbocycles. The molecule has 2 rings (SSSR count). The van der Waals surface area contributed by atoms with E-state index in [1.165, 1.54) is 23.6 Å². The van der Waals surface area contributed by atoms with Gasteiger partial charge in [0, 0.05) is 32.1 Å². The summed E-state index contributed by atoms with van der Waals surface area (Å²) in [5.74, 6) is 0.112. The molecule has 0 spiro atoms. The molecule has 0 saturated carbocycles. The van der Waals surface area contributed by atoms with Crippen molar-refractivity contribution < 1.29 is 9.59 Å². The van der Waals surface area contributed by atoms with E-state index in [4.69, 9.17) is 0 Å². The van der Waals surface area contributed by atoms with Crippen LogP contribution in [0.3, 0.4) is 0 Å². The first kappa shape index (κ1) is 15.4. The standard InChI is InChI=1S/C14H16N6O2/c1-20(2)14(22)17-8-11-7-10(3-6-16-11)13(21)19-12-4-5-15-9-18-12/h3-7,9H,8H2,1-2H3,(H,17,22)(H,15,18,19,21). The molecule has 8 heteroatoms. The molecule has 2 heterocycles. The van der Waals surface area contributed by atoms with Crippen molar-refractivity contribution in [1.82, 2.24) is 25.2 Å². The molecule has 8 nitrogen and oxygen atoms in total. The van der Waals surface area contributed by atoms with Crippen LogP contribution in [0, 0.1) is 0 Å². The van der Waals surface area contributed by atoms with Crippen LogP contribution >= 0.6 is 0 Å². The highest BCUT2D eigenvalue weighted by Crippen LogP contribution is 2.06. The van der Waals surface area contributed by atoms with E-state index in [1.807, 2.05) is 0 Å². The molecule has 22 heavy (non-hydrogen) atoms. The fourth-order valence-electron chi connectivity index (χ4n) is 1.59. The minimum atomic E-state index is -0.304. The van der Waals surface area contributed by atoms with Crippen LogP contribution in [0.15, 0.2) is 36.9 Å². The van der Waals surface area contributed by atoms with Gasteiger partial charge in [-0.1, -0.05) is 0 Å². The van der Waals surface area contributed by atoms with Crippen molar-refractivity contribution >= 4 is 17.8 Å². The second-order valence-corrected chi connectivity index (χ2v) is 4.64. The summed E-state index contributed by atoms with van der Waals surface area (Å²) < 4.78 is 0. The van der Waals surface area contributed by atoms with Crippen molar-refractivity contribution in [1.29, 1.82) is 0 Å². The van der Waals surface area contributed by atoms with Crippen LogP contribution in [-0.2, 0) is 6.54 Å². The summed E-state index contributed by atoms with van der Waals surface area (Å²) in [7, 11) is 3.29. The first-order chi connectivity index (χ1) is 10.6. The SMILES string of the molecule is CN(C)C(=O)NCc1cc(C(=O)Nc2ccncn2)ccn1. The van der Waals surface area contributed by atoms with Gasteiger partial charge < -0.3 is 15.5 Å². The number of rotatable bonds is 4. The summed E-state index contributed by atoms with van der Waals surface area (Å²) in [6, 6.07) is 4.58. The predicted molar refractivity (Wildman–Crippen MR) is 80.1 cm³/mol. The van der Waals surface area contributed by atoms with E-state index in [2.05, 4.69) is 25.6 Å². The van der Waals surface area contributed by atoms with Crippen LogP contribution in [0.2, 0.25) is 0 Å². The smallest absolute Gasteiger partial charge is 0.317 e. The first-order valence-electron chi connectivity index (χ1n) is 6.53. The Morgan fingerprint density at radius 3 is 2.68 bits per heavy atom. The highest BCUT2D eigenvalue weighted by Gasteiger charge is 2.09. The number of anilines is 1. The molecule has 0 aliphatic heterocycles. The minimum absolute atomic E-state index is 0.224. The van der Waals surface area contributed by atoms with Gasteiger partial charge in [-0.3, -0.25) is 9.78 Å². The molecule has 0 radical (unpaired) electrons. The Morgan fingerprint density at radius 2 is 2.00 bits per heavy atom. The number of carbonyl (C=O) groups excluding carboxylic acids is 2. The molecule has 0 fully saturated rings. The topological polar surface area (TPSA) is 100 Å². The van der Waals surface area contributed by atoms with E-state index >= 15 is 0 Å². The molecule has 0 saturated heterocycles. The summed E-state index contributed by atoms with van der Waals surface area (Å²) in [5, 5.41) is 5.34. The van der Waals surface area contributed by atoms with Gasteiger partial charge in [0.1, 0.15) is 12.1 Å². The number of hydrogen-bond acceptors (Lipinski definition) is 5. The molecular weight excluding hydrogens is 284 g/mol. The first-order valence-corrected chi connectivity index (χ1v) is 6.53. The number of urea groups is 1. The zero-order valence-electron chi connectivity index (χ0n) is 12.3.